The van der Waals surface area contributed by atoms with E-state index in [-0.39, 0.29) is 70.6 Å². The fraction of sp³-hybridized carbons (Fsp3) is 0.458. The van der Waals surface area contributed by atoms with E-state index in [1.165, 1.54) is 0 Å². The number of Topliss-reactive ketones (excluding diaryl/α,β-unsaturated/α-hetero) is 1. The van der Waals surface area contributed by atoms with Crippen LogP contribution in [-0.2, 0) is 14.3 Å². The third-order valence-corrected chi connectivity index (χ3v) is 6.58. The quantitative estimate of drug-likeness (QED) is 0.638. The zero-order valence-corrected chi connectivity index (χ0v) is 21.0. The molecule has 33 heavy (non-hydrogen) atoms. The van der Waals surface area contributed by atoms with Crippen molar-refractivity contribution in [1.29, 1.82) is 0 Å². The minimum Gasteiger partial charge on any atom is -0.368 e. The summed E-state index contributed by atoms with van der Waals surface area (Å²) in [5.41, 5.74) is 1.57. The maximum Gasteiger partial charge on any atom is 0.251 e. The highest BCUT2D eigenvalue weighted by atomic mass is 32.1. The highest BCUT2D eigenvalue weighted by Gasteiger charge is 2.48. The van der Waals surface area contributed by atoms with Crippen molar-refractivity contribution in [2.75, 3.05) is 13.2 Å². The molecule has 3 atom stereocenters. The molecular formula is C24H34N2O4S3. The van der Waals surface area contributed by atoms with Crippen molar-refractivity contribution in [3.05, 3.63) is 47.3 Å². The van der Waals surface area contributed by atoms with Crippen molar-refractivity contribution in [2.24, 2.45) is 5.92 Å². The van der Waals surface area contributed by atoms with Gasteiger partial charge in [-0.25, -0.2) is 0 Å². The van der Waals surface area contributed by atoms with E-state index in [1.807, 2.05) is 43.5 Å². The van der Waals surface area contributed by atoms with Gasteiger partial charge in [-0.1, -0.05) is 39.5 Å². The number of fused-ring (bicyclic) bond motifs is 1. The van der Waals surface area contributed by atoms with Gasteiger partial charge >= 0.3 is 0 Å². The number of carbonyl (C=O) groups excluding carboxylic acids is 3. The first-order valence-electron chi connectivity index (χ1n) is 10.3. The Morgan fingerprint density at radius 2 is 1.88 bits per heavy atom. The van der Waals surface area contributed by atoms with Crippen LogP contribution in [0.5, 0.6) is 0 Å². The second-order valence-corrected chi connectivity index (χ2v) is 9.24. The van der Waals surface area contributed by atoms with E-state index in [1.54, 1.807) is 28.4 Å². The summed E-state index contributed by atoms with van der Waals surface area (Å²) in [5.74, 6) is -0.311. The summed E-state index contributed by atoms with van der Waals surface area (Å²) >= 11 is 1.64. The van der Waals surface area contributed by atoms with Crippen molar-refractivity contribution < 1.29 is 19.1 Å². The lowest BCUT2D eigenvalue weighted by Crippen LogP contribution is -2.52. The summed E-state index contributed by atoms with van der Waals surface area (Å²) in [6.45, 7) is 4.58. The van der Waals surface area contributed by atoms with Crippen LogP contribution in [-0.4, -0.2) is 53.8 Å². The van der Waals surface area contributed by atoms with Crippen LogP contribution in [0.25, 0.3) is 10.4 Å². The Morgan fingerprint density at radius 3 is 2.48 bits per heavy atom. The van der Waals surface area contributed by atoms with Gasteiger partial charge in [0.2, 0.25) is 5.91 Å². The summed E-state index contributed by atoms with van der Waals surface area (Å²) < 4.78 is 5.49. The van der Waals surface area contributed by atoms with E-state index in [0.29, 0.717) is 24.9 Å². The molecule has 2 aliphatic rings. The van der Waals surface area contributed by atoms with Gasteiger partial charge in [-0.3, -0.25) is 14.4 Å². The number of nitrogens with one attached hydrogen (secondary N) is 1. The fourth-order valence-corrected chi connectivity index (χ4v) is 4.94. The van der Waals surface area contributed by atoms with Crippen molar-refractivity contribution in [2.45, 2.75) is 52.3 Å². The largest absolute Gasteiger partial charge is 0.368 e. The standard InChI is InChI=1S/C23H26N2O4S.CH4.2H2S/c1-14(2)12-17(23(28)25-10-9-19-21(25)18(26)13-29-19)24-22(27)16-7-5-15(6-8-16)20-4-3-11-30-20;;;/h3-8,11,14,17,19,21H,9-10,12-13H2,1-2H3,(H,24,27);1H4;2*1H2/t17-,19+,21+;;;/m0.../s1. The van der Waals surface area contributed by atoms with Crippen LogP contribution < -0.4 is 5.32 Å². The van der Waals surface area contributed by atoms with E-state index in [4.69, 9.17) is 4.74 Å². The highest BCUT2D eigenvalue weighted by Crippen LogP contribution is 2.28. The zero-order chi connectivity index (χ0) is 21.3. The SMILES string of the molecule is C.CC(C)C[C@H](NC(=O)c1ccc(-c2cccs2)cc1)C(=O)N1CC[C@H]2OCC(=O)[C@H]21.S.S. The maximum absolute atomic E-state index is 13.3. The fourth-order valence-electron chi connectivity index (χ4n) is 4.20. The van der Waals surface area contributed by atoms with Crippen LogP contribution in [0.2, 0.25) is 0 Å². The average molecular weight is 511 g/mol. The lowest BCUT2D eigenvalue weighted by Gasteiger charge is -2.28. The summed E-state index contributed by atoms with van der Waals surface area (Å²) in [7, 11) is 0. The van der Waals surface area contributed by atoms with Crippen LogP contribution in [0.1, 0.15) is 44.5 Å². The van der Waals surface area contributed by atoms with Gasteiger partial charge in [0.25, 0.3) is 5.91 Å². The smallest absolute Gasteiger partial charge is 0.251 e. The van der Waals surface area contributed by atoms with Gasteiger partial charge in [-0.15, -0.1) is 11.3 Å². The minimum atomic E-state index is -0.665. The van der Waals surface area contributed by atoms with Gasteiger partial charge in [0.15, 0.2) is 5.78 Å². The molecule has 4 rings (SSSR count). The van der Waals surface area contributed by atoms with Gasteiger partial charge in [0.05, 0.1) is 6.10 Å². The van der Waals surface area contributed by atoms with Gasteiger partial charge in [0, 0.05) is 17.0 Å². The normalized spacial score (nSPS) is 19.7. The van der Waals surface area contributed by atoms with Gasteiger partial charge in [-0.2, -0.15) is 27.0 Å². The number of likely N-dealkylation sites (tertiary alicyclic amines) is 1. The molecule has 2 saturated heterocycles. The van der Waals surface area contributed by atoms with Crippen LogP contribution in [0.3, 0.4) is 0 Å². The van der Waals surface area contributed by atoms with Gasteiger partial charge in [-0.05, 0) is 47.9 Å². The topological polar surface area (TPSA) is 75.7 Å². The Labute approximate surface area is 214 Å². The molecule has 0 spiro atoms. The maximum atomic E-state index is 13.3. The summed E-state index contributed by atoms with van der Waals surface area (Å²) in [6.07, 6.45) is 0.969. The number of ether oxygens (including phenoxy) is 1. The van der Waals surface area contributed by atoms with E-state index >= 15 is 0 Å². The molecular weight excluding hydrogens is 476 g/mol. The molecule has 2 aromatic rings. The third-order valence-electron chi connectivity index (χ3n) is 5.66. The zero-order valence-electron chi connectivity index (χ0n) is 18.2. The molecule has 2 fully saturated rings. The molecule has 0 bridgehead atoms. The monoisotopic (exact) mass is 510 g/mol. The van der Waals surface area contributed by atoms with Gasteiger partial charge in [0.1, 0.15) is 18.7 Å². The van der Waals surface area contributed by atoms with E-state index in [0.717, 1.165) is 10.4 Å². The molecule has 0 radical (unpaired) electrons. The molecule has 1 aromatic heterocycles. The Morgan fingerprint density at radius 1 is 1.18 bits per heavy atom. The third kappa shape index (κ3) is 6.41. The number of amides is 2. The van der Waals surface area contributed by atoms with Crippen LogP contribution in [0.4, 0.5) is 0 Å². The first-order valence-corrected chi connectivity index (χ1v) is 11.2. The van der Waals surface area contributed by atoms with E-state index < -0.39 is 12.1 Å². The molecule has 0 unspecified atom stereocenters. The Bertz CT molecular complexity index is 932. The molecule has 2 amide bonds. The minimum absolute atomic E-state index is 0. The van der Waals surface area contributed by atoms with Crippen molar-refractivity contribution in [1.82, 2.24) is 10.2 Å². The number of hydrogen-bond acceptors (Lipinski definition) is 5. The number of carbonyl (C=O) groups is 3. The van der Waals surface area contributed by atoms with Crippen LogP contribution >= 0.6 is 38.3 Å². The Balaban J connectivity index is 0.00000181. The van der Waals surface area contributed by atoms with Crippen molar-refractivity contribution in [3.63, 3.8) is 0 Å². The number of benzene rings is 1. The summed E-state index contributed by atoms with van der Waals surface area (Å²) in [4.78, 5) is 41.1. The molecule has 182 valence electrons. The highest BCUT2D eigenvalue weighted by molar-refractivity contribution is 7.59. The van der Waals surface area contributed by atoms with E-state index in [9.17, 15) is 14.4 Å². The molecule has 1 N–H and O–H groups in total. The molecule has 0 aliphatic carbocycles. The molecule has 0 saturated carbocycles. The Kier molecular flexibility index (Phi) is 11.2. The summed E-state index contributed by atoms with van der Waals surface area (Å²) in [6, 6.07) is 10.2. The molecule has 3 heterocycles. The predicted molar refractivity (Wildman–Crippen MR) is 143 cm³/mol. The summed E-state index contributed by atoms with van der Waals surface area (Å²) in [5, 5.41) is 4.93. The van der Waals surface area contributed by atoms with Crippen LogP contribution in [0.15, 0.2) is 41.8 Å². The number of rotatable bonds is 6. The Hall–Kier alpha value is -1.81. The van der Waals surface area contributed by atoms with Crippen molar-refractivity contribution in [3.8, 4) is 10.4 Å². The number of hydrogen-bond donors (Lipinski definition) is 1. The molecule has 2 aliphatic heterocycles. The van der Waals surface area contributed by atoms with E-state index in [2.05, 4.69) is 5.32 Å². The van der Waals surface area contributed by atoms with Crippen LogP contribution in [0, 0.1) is 5.92 Å². The lowest BCUT2D eigenvalue weighted by atomic mass is 10.0. The lowest BCUT2D eigenvalue weighted by molar-refractivity contribution is -0.138. The molecule has 1 aromatic carbocycles. The van der Waals surface area contributed by atoms with Crippen molar-refractivity contribution >= 4 is 55.9 Å². The second-order valence-electron chi connectivity index (χ2n) is 8.29. The number of thiophene rings is 1. The van der Waals surface area contributed by atoms with Gasteiger partial charge < -0.3 is 15.0 Å². The number of ketones is 1. The first-order chi connectivity index (χ1) is 14.4. The molecule has 6 nitrogen and oxygen atoms in total. The predicted octanol–water partition coefficient (Wildman–Crippen LogP) is 3.99. The second kappa shape index (κ2) is 12.6. The average Bonchev–Trinajstić information content (AvgIpc) is 3.46. The molecule has 9 heteroatoms. The first kappa shape index (κ1) is 29.2. The number of nitrogens with zero attached hydrogens (tertiary/aromatic N) is 1.